The lowest BCUT2D eigenvalue weighted by molar-refractivity contribution is -0.156. The highest BCUT2D eigenvalue weighted by atomic mass is 35.5. The molecule has 2 aliphatic heterocycles. The Balaban J connectivity index is 1.41. The molecule has 2 aliphatic rings. The highest BCUT2D eigenvalue weighted by molar-refractivity contribution is 7.47. The Morgan fingerprint density at radius 2 is 1.88 bits per heavy atom. The first-order valence-corrected chi connectivity index (χ1v) is 14.0. The fourth-order valence-corrected chi connectivity index (χ4v) is 5.21. The van der Waals surface area contributed by atoms with E-state index in [1.54, 1.807) is 6.07 Å². The fourth-order valence-electron chi connectivity index (χ4n) is 4.42. The lowest BCUT2D eigenvalue weighted by Crippen LogP contribution is -2.55. The van der Waals surface area contributed by atoms with Gasteiger partial charge >= 0.3 is 13.7 Å². The summed E-state index contributed by atoms with van der Waals surface area (Å²) >= 11 is 5.72. The number of carbonyl (C=O) groups is 4. The van der Waals surface area contributed by atoms with Gasteiger partial charge in [-0.1, -0.05) is 35.9 Å². The molecule has 0 bridgehead atoms. The Morgan fingerprint density at radius 1 is 1.18 bits per heavy atom. The molecule has 15 heteroatoms. The molecule has 4 rings (SSSR count). The number of hydrogen-bond acceptors (Lipinski definition) is 7. The number of phosphoric ester groups is 1. The van der Waals surface area contributed by atoms with E-state index >= 15 is 0 Å². The van der Waals surface area contributed by atoms with E-state index in [1.165, 1.54) is 36.1 Å². The number of hydrogen-bond donors (Lipinski definition) is 2. The summed E-state index contributed by atoms with van der Waals surface area (Å²) in [4.78, 5) is 62.2. The van der Waals surface area contributed by atoms with Crippen LogP contribution < -0.4 is 5.32 Å². The Hall–Kier alpha value is -3.22. The highest BCUT2D eigenvalue weighted by Gasteiger charge is 2.44. The normalized spacial score (nSPS) is 19.0. The van der Waals surface area contributed by atoms with Gasteiger partial charge in [-0.25, -0.2) is 4.57 Å². The highest BCUT2D eigenvalue weighted by Crippen LogP contribution is 2.43. The van der Waals surface area contributed by atoms with E-state index in [0.29, 0.717) is 16.0 Å². The molecule has 4 amide bonds. The SMILES string of the molecule is CCOP(=O)(O)OCN1C(=O)CCC(N2Cc3cc(CNC(=O)C(F)(F)c4ccc(Cl)cc4)ccc3C2=O)C1=O. The van der Waals surface area contributed by atoms with Crippen molar-refractivity contribution in [2.45, 2.75) is 44.8 Å². The topological polar surface area (TPSA) is 143 Å². The Kier molecular flexibility index (Phi) is 8.72. The largest absolute Gasteiger partial charge is 0.473 e. The molecule has 2 N–H and O–H groups in total. The quantitative estimate of drug-likeness (QED) is 0.313. The molecular weight excluding hydrogens is 575 g/mol. The van der Waals surface area contributed by atoms with Crippen LogP contribution in [-0.2, 0) is 47.0 Å². The first kappa shape index (κ1) is 29.8. The third-order valence-corrected chi connectivity index (χ3v) is 7.73. The van der Waals surface area contributed by atoms with Crippen molar-refractivity contribution >= 4 is 43.1 Å². The van der Waals surface area contributed by atoms with Gasteiger partial charge in [0.1, 0.15) is 12.8 Å². The number of nitrogens with zero attached hydrogens (tertiary/aromatic N) is 2. The van der Waals surface area contributed by atoms with Crippen molar-refractivity contribution < 1.29 is 46.5 Å². The van der Waals surface area contributed by atoms with E-state index in [2.05, 4.69) is 9.84 Å². The van der Waals surface area contributed by atoms with E-state index < -0.39 is 55.7 Å². The van der Waals surface area contributed by atoms with Crippen LogP contribution in [0.5, 0.6) is 0 Å². The number of alkyl halides is 2. The zero-order chi connectivity index (χ0) is 29.2. The van der Waals surface area contributed by atoms with Gasteiger partial charge in [0.05, 0.1) is 6.61 Å². The number of amides is 4. The average Bonchev–Trinajstić information content (AvgIpc) is 3.22. The summed E-state index contributed by atoms with van der Waals surface area (Å²) in [5.41, 5.74) is 0.720. The van der Waals surface area contributed by atoms with Crippen LogP contribution in [0.2, 0.25) is 5.02 Å². The lowest BCUT2D eigenvalue weighted by Gasteiger charge is -2.35. The van der Waals surface area contributed by atoms with Gasteiger partial charge in [0.2, 0.25) is 5.91 Å². The van der Waals surface area contributed by atoms with Crippen LogP contribution in [0.3, 0.4) is 0 Å². The second kappa shape index (κ2) is 11.7. The first-order valence-electron chi connectivity index (χ1n) is 12.1. The summed E-state index contributed by atoms with van der Waals surface area (Å²) in [6, 6.07) is 8.14. The van der Waals surface area contributed by atoms with Crippen LogP contribution >= 0.6 is 19.4 Å². The van der Waals surface area contributed by atoms with E-state index in [4.69, 9.17) is 16.1 Å². The fraction of sp³-hybridized carbons (Fsp3) is 0.360. The van der Waals surface area contributed by atoms with Gasteiger partial charge in [-0.05, 0) is 42.7 Å². The van der Waals surface area contributed by atoms with Gasteiger partial charge < -0.3 is 15.1 Å². The Labute approximate surface area is 232 Å². The number of nitrogens with one attached hydrogen (secondary N) is 1. The van der Waals surface area contributed by atoms with Crippen molar-refractivity contribution in [2.24, 2.45) is 0 Å². The number of fused-ring (bicyclic) bond motifs is 1. The monoisotopic (exact) mass is 599 g/mol. The zero-order valence-corrected chi connectivity index (χ0v) is 22.8. The van der Waals surface area contributed by atoms with Crippen molar-refractivity contribution in [1.82, 2.24) is 15.1 Å². The van der Waals surface area contributed by atoms with Gasteiger partial charge in [-0.15, -0.1) is 0 Å². The smallest absolute Gasteiger partial charge is 0.346 e. The van der Waals surface area contributed by atoms with Crippen LogP contribution in [0.4, 0.5) is 8.78 Å². The maximum absolute atomic E-state index is 14.6. The van der Waals surface area contributed by atoms with E-state index in [0.717, 1.165) is 12.1 Å². The van der Waals surface area contributed by atoms with Gasteiger partial charge in [-0.2, -0.15) is 8.78 Å². The molecule has 2 atom stereocenters. The second-order valence-corrected chi connectivity index (χ2v) is 10.9. The lowest BCUT2D eigenvalue weighted by atomic mass is 10.0. The van der Waals surface area contributed by atoms with Gasteiger partial charge in [0, 0.05) is 35.7 Å². The first-order chi connectivity index (χ1) is 18.8. The summed E-state index contributed by atoms with van der Waals surface area (Å²) in [6.45, 7) is 0.267. The van der Waals surface area contributed by atoms with E-state index in [-0.39, 0.29) is 43.1 Å². The number of carbonyl (C=O) groups excluding carboxylic acids is 4. The van der Waals surface area contributed by atoms with Gasteiger partial charge in [0.25, 0.3) is 17.7 Å². The molecule has 0 aliphatic carbocycles. The molecule has 1 saturated heterocycles. The second-order valence-electron chi connectivity index (χ2n) is 9.05. The summed E-state index contributed by atoms with van der Waals surface area (Å²) in [6.07, 6.45) is -0.0673. The number of halogens is 3. The number of piperidine rings is 1. The molecule has 2 aromatic rings. The Morgan fingerprint density at radius 3 is 2.55 bits per heavy atom. The van der Waals surface area contributed by atoms with Crippen LogP contribution in [-0.4, -0.2) is 57.7 Å². The molecule has 2 unspecified atom stereocenters. The van der Waals surface area contributed by atoms with E-state index in [1.807, 2.05) is 0 Å². The minimum Gasteiger partial charge on any atom is -0.346 e. The molecule has 0 saturated carbocycles. The summed E-state index contributed by atoms with van der Waals surface area (Å²) in [5.74, 6) is -7.18. The number of likely N-dealkylation sites (tertiary alicyclic amines) is 1. The van der Waals surface area contributed by atoms with Gasteiger partial charge in [-0.3, -0.25) is 33.1 Å². The molecule has 0 aromatic heterocycles. The molecule has 40 heavy (non-hydrogen) atoms. The van der Waals surface area contributed by atoms with Crippen LogP contribution in [0.1, 0.15) is 46.8 Å². The summed E-state index contributed by atoms with van der Waals surface area (Å²) in [7, 11) is -4.48. The van der Waals surface area contributed by atoms with Crippen molar-refractivity contribution in [1.29, 1.82) is 0 Å². The molecule has 11 nitrogen and oxygen atoms in total. The van der Waals surface area contributed by atoms with Crippen molar-refractivity contribution in [3.05, 3.63) is 69.7 Å². The minimum absolute atomic E-state index is 0.00633. The molecule has 1 fully saturated rings. The zero-order valence-electron chi connectivity index (χ0n) is 21.1. The molecule has 2 heterocycles. The Bertz CT molecular complexity index is 1390. The van der Waals surface area contributed by atoms with Crippen molar-refractivity contribution in [3.63, 3.8) is 0 Å². The predicted octanol–water partition coefficient (Wildman–Crippen LogP) is 3.33. The molecule has 2 aromatic carbocycles. The number of benzene rings is 2. The maximum Gasteiger partial charge on any atom is 0.473 e. The maximum atomic E-state index is 14.6. The van der Waals surface area contributed by atoms with Gasteiger partial charge in [0.15, 0.2) is 0 Å². The van der Waals surface area contributed by atoms with Crippen molar-refractivity contribution in [2.75, 3.05) is 13.3 Å². The summed E-state index contributed by atoms with van der Waals surface area (Å²) < 4.78 is 50.2. The third-order valence-electron chi connectivity index (χ3n) is 6.45. The number of rotatable bonds is 10. The number of imide groups is 1. The average molecular weight is 600 g/mol. The standard InChI is InChI=1S/C25H25ClF2N3O8P/c1-2-38-40(36,37)39-14-31-21(32)10-9-20(23(31)34)30-13-16-11-15(3-8-19(16)22(30)33)12-29-24(35)25(27,28)17-4-6-18(26)7-5-17/h3-8,11,20H,2,9-10,12-14H2,1H3,(H,29,35)(H,36,37). The molecule has 214 valence electrons. The van der Waals surface area contributed by atoms with Crippen LogP contribution in [0.15, 0.2) is 42.5 Å². The minimum atomic E-state index is -4.48. The van der Waals surface area contributed by atoms with Crippen LogP contribution in [0, 0.1) is 0 Å². The van der Waals surface area contributed by atoms with E-state index in [9.17, 15) is 37.4 Å². The predicted molar refractivity (Wildman–Crippen MR) is 136 cm³/mol. The van der Waals surface area contributed by atoms with Crippen LogP contribution in [0.25, 0.3) is 0 Å². The molecular formula is C25H25ClF2N3O8P. The number of phosphoric acid groups is 1. The molecule has 0 radical (unpaired) electrons. The molecule has 0 spiro atoms. The third kappa shape index (κ3) is 6.24. The summed E-state index contributed by atoms with van der Waals surface area (Å²) in [5, 5.41) is 2.45. The van der Waals surface area contributed by atoms with Crippen molar-refractivity contribution in [3.8, 4) is 0 Å².